The predicted octanol–water partition coefficient (Wildman–Crippen LogP) is -1.05. The van der Waals surface area contributed by atoms with Crippen LogP contribution >= 0.6 is 0 Å². The van der Waals surface area contributed by atoms with Crippen molar-refractivity contribution < 1.29 is 19.8 Å². The van der Waals surface area contributed by atoms with Gasteiger partial charge in [-0.25, -0.2) is 0 Å². The Kier molecular flexibility index (Phi) is 2.03. The molecule has 6 nitrogen and oxygen atoms in total. The van der Waals surface area contributed by atoms with E-state index in [1.54, 1.807) is 0 Å². The van der Waals surface area contributed by atoms with E-state index in [2.05, 4.69) is 4.84 Å². The molecule has 1 heterocycles. The second-order valence-electron chi connectivity index (χ2n) is 1.97. The second-order valence-corrected chi connectivity index (χ2v) is 1.97. The van der Waals surface area contributed by atoms with E-state index in [9.17, 15) is 10.1 Å². The molecule has 1 aliphatic rings. The highest BCUT2D eigenvalue weighted by Gasteiger charge is 2.29. The van der Waals surface area contributed by atoms with Gasteiger partial charge in [0.1, 0.15) is 6.10 Å². The van der Waals surface area contributed by atoms with Gasteiger partial charge in [-0.2, -0.15) is 0 Å². The topological polar surface area (TPSA) is 81.8 Å². The van der Waals surface area contributed by atoms with E-state index in [1.165, 1.54) is 0 Å². The molecule has 1 rings (SSSR count). The lowest BCUT2D eigenvalue weighted by molar-refractivity contribution is -0.769. The summed E-state index contributed by atoms with van der Waals surface area (Å²) in [5.41, 5.74) is 0. The molecule has 0 saturated carbocycles. The molecule has 1 aliphatic heterocycles. The quantitative estimate of drug-likeness (QED) is 0.400. The molecule has 0 spiro atoms. The summed E-state index contributed by atoms with van der Waals surface area (Å²) >= 11 is 0. The molecule has 6 heteroatoms. The van der Waals surface area contributed by atoms with E-state index in [0.717, 1.165) is 0 Å². The summed E-state index contributed by atoms with van der Waals surface area (Å²) in [5.74, 6) is 0. The lowest BCUT2D eigenvalue weighted by Gasteiger charge is -2.07. The van der Waals surface area contributed by atoms with E-state index in [-0.39, 0.29) is 13.2 Å². The molecule has 0 aromatic heterocycles. The van der Waals surface area contributed by atoms with Crippen molar-refractivity contribution in [3.8, 4) is 0 Å². The summed E-state index contributed by atoms with van der Waals surface area (Å²) in [6.07, 6.45) is -1.68. The second kappa shape index (κ2) is 2.80. The van der Waals surface area contributed by atoms with Crippen molar-refractivity contribution in [3.05, 3.63) is 10.1 Å². The lowest BCUT2D eigenvalue weighted by Crippen LogP contribution is -2.29. The maximum atomic E-state index is 9.72. The Bertz CT molecular complexity index is 138. The van der Waals surface area contributed by atoms with Crippen molar-refractivity contribution in [1.29, 1.82) is 0 Å². The number of rotatable bonds is 2. The van der Waals surface area contributed by atoms with E-state index < -0.39 is 17.3 Å². The maximum Gasteiger partial charge on any atom is 0.294 e. The van der Waals surface area contributed by atoms with Crippen LogP contribution in [0.1, 0.15) is 0 Å². The van der Waals surface area contributed by atoms with Crippen LogP contribution in [-0.4, -0.2) is 35.6 Å². The summed E-state index contributed by atoms with van der Waals surface area (Å²) in [6, 6.07) is 0. The smallest absolute Gasteiger partial charge is 0.294 e. The standard InChI is InChI=1S/C4H7NO5/c6-3-1-9-2-4(3)10-5(7)8/h3-4,6H,1-2H2/t3-,4+/m0/s1. The Labute approximate surface area is 56.5 Å². The third kappa shape index (κ3) is 1.55. The predicted molar refractivity (Wildman–Crippen MR) is 28.7 cm³/mol. The zero-order valence-corrected chi connectivity index (χ0v) is 5.10. The van der Waals surface area contributed by atoms with Crippen molar-refractivity contribution in [2.75, 3.05) is 13.2 Å². The first-order chi connectivity index (χ1) is 4.70. The SMILES string of the molecule is O=[N+]([O-])O[C@@H]1COC[C@@H]1O. The van der Waals surface area contributed by atoms with Gasteiger partial charge < -0.3 is 14.7 Å². The van der Waals surface area contributed by atoms with Crippen LogP contribution in [0.5, 0.6) is 0 Å². The molecule has 0 amide bonds. The molecular formula is C4H7NO5. The Hall–Kier alpha value is -0.880. The lowest BCUT2D eigenvalue weighted by atomic mass is 10.3. The average molecular weight is 149 g/mol. The summed E-state index contributed by atoms with van der Waals surface area (Å²) in [7, 11) is 0. The van der Waals surface area contributed by atoms with E-state index >= 15 is 0 Å². The fourth-order valence-corrected chi connectivity index (χ4v) is 0.735. The van der Waals surface area contributed by atoms with Crippen molar-refractivity contribution in [1.82, 2.24) is 0 Å². The van der Waals surface area contributed by atoms with E-state index in [0.29, 0.717) is 0 Å². The van der Waals surface area contributed by atoms with Crippen LogP contribution in [0.4, 0.5) is 0 Å². The van der Waals surface area contributed by atoms with Crippen LogP contribution in [-0.2, 0) is 9.57 Å². The number of aliphatic hydroxyl groups is 1. The minimum atomic E-state index is -0.928. The zero-order chi connectivity index (χ0) is 7.56. The zero-order valence-electron chi connectivity index (χ0n) is 5.10. The first-order valence-corrected chi connectivity index (χ1v) is 2.77. The van der Waals surface area contributed by atoms with Crippen LogP contribution in [0, 0.1) is 10.1 Å². The van der Waals surface area contributed by atoms with Gasteiger partial charge in [0.05, 0.1) is 13.2 Å². The summed E-state index contributed by atoms with van der Waals surface area (Å²) in [6.45, 7) is 0.195. The molecule has 0 bridgehead atoms. The van der Waals surface area contributed by atoms with Crippen LogP contribution in [0.25, 0.3) is 0 Å². The molecule has 0 radical (unpaired) electrons. The Morgan fingerprint density at radius 1 is 1.70 bits per heavy atom. The first kappa shape index (κ1) is 7.23. The Morgan fingerprint density at radius 3 is 2.80 bits per heavy atom. The summed E-state index contributed by atoms with van der Waals surface area (Å²) in [5, 5.41) is 17.7. The molecule has 1 saturated heterocycles. The third-order valence-electron chi connectivity index (χ3n) is 1.22. The third-order valence-corrected chi connectivity index (χ3v) is 1.22. The van der Waals surface area contributed by atoms with Crippen molar-refractivity contribution in [2.24, 2.45) is 0 Å². The molecule has 58 valence electrons. The molecule has 0 aromatic rings. The highest BCUT2D eigenvalue weighted by atomic mass is 17.0. The summed E-state index contributed by atoms with van der Waals surface area (Å²) < 4.78 is 4.69. The number of hydrogen-bond acceptors (Lipinski definition) is 5. The molecule has 2 atom stereocenters. The van der Waals surface area contributed by atoms with Crippen LogP contribution in [0.3, 0.4) is 0 Å². The van der Waals surface area contributed by atoms with Crippen molar-refractivity contribution in [3.63, 3.8) is 0 Å². The van der Waals surface area contributed by atoms with Crippen LogP contribution in [0.2, 0.25) is 0 Å². The van der Waals surface area contributed by atoms with Crippen molar-refractivity contribution in [2.45, 2.75) is 12.2 Å². The van der Waals surface area contributed by atoms with Crippen molar-refractivity contribution >= 4 is 0 Å². The first-order valence-electron chi connectivity index (χ1n) is 2.77. The number of nitrogens with zero attached hydrogens (tertiary/aromatic N) is 1. The minimum absolute atomic E-state index is 0.0855. The Balaban J connectivity index is 2.33. The fraction of sp³-hybridized carbons (Fsp3) is 1.00. The van der Waals surface area contributed by atoms with Gasteiger partial charge in [-0.3, -0.25) is 0 Å². The van der Waals surface area contributed by atoms with Gasteiger partial charge in [0.25, 0.3) is 5.09 Å². The molecular weight excluding hydrogens is 142 g/mol. The van der Waals surface area contributed by atoms with E-state index in [1.807, 2.05) is 0 Å². The Morgan fingerprint density at radius 2 is 2.40 bits per heavy atom. The van der Waals surface area contributed by atoms with Crippen LogP contribution in [0.15, 0.2) is 0 Å². The summed E-state index contributed by atoms with van der Waals surface area (Å²) in [4.78, 5) is 13.8. The van der Waals surface area contributed by atoms with Crippen LogP contribution < -0.4 is 0 Å². The normalized spacial score (nSPS) is 32.1. The highest BCUT2D eigenvalue weighted by molar-refractivity contribution is 4.72. The molecule has 0 unspecified atom stereocenters. The molecule has 0 aromatic carbocycles. The van der Waals surface area contributed by atoms with Gasteiger partial charge in [0, 0.05) is 0 Å². The number of hydrogen-bond donors (Lipinski definition) is 1. The largest absolute Gasteiger partial charge is 0.388 e. The number of ether oxygens (including phenoxy) is 1. The van der Waals surface area contributed by atoms with Gasteiger partial charge in [0.2, 0.25) is 0 Å². The van der Waals surface area contributed by atoms with Gasteiger partial charge in [-0.05, 0) is 0 Å². The highest BCUT2D eigenvalue weighted by Crippen LogP contribution is 2.08. The minimum Gasteiger partial charge on any atom is -0.388 e. The van der Waals surface area contributed by atoms with Gasteiger partial charge >= 0.3 is 0 Å². The monoisotopic (exact) mass is 149 g/mol. The maximum absolute atomic E-state index is 9.72. The molecule has 1 fully saturated rings. The van der Waals surface area contributed by atoms with E-state index in [4.69, 9.17) is 9.84 Å². The van der Waals surface area contributed by atoms with Gasteiger partial charge in [-0.15, -0.1) is 10.1 Å². The fourth-order valence-electron chi connectivity index (χ4n) is 0.735. The van der Waals surface area contributed by atoms with Gasteiger partial charge in [0.15, 0.2) is 6.10 Å². The van der Waals surface area contributed by atoms with Gasteiger partial charge in [-0.1, -0.05) is 0 Å². The molecule has 0 aliphatic carbocycles. The molecule has 10 heavy (non-hydrogen) atoms. The molecule has 1 N–H and O–H groups in total. The average Bonchev–Trinajstić information content (AvgIpc) is 2.15. The number of aliphatic hydroxyl groups excluding tert-OH is 1.